The highest BCUT2D eigenvalue weighted by molar-refractivity contribution is 7.89. The molecule has 0 spiro atoms. The summed E-state index contributed by atoms with van der Waals surface area (Å²) in [5.74, 6) is 1.33. The molecule has 1 heterocycles. The van der Waals surface area contributed by atoms with E-state index in [0.29, 0.717) is 25.4 Å². The zero-order chi connectivity index (χ0) is 24.6. The number of nitrogens with one attached hydrogen (secondary N) is 1. The molecule has 9 heteroatoms. The lowest BCUT2D eigenvalue weighted by molar-refractivity contribution is -0.117. The van der Waals surface area contributed by atoms with Crippen LogP contribution in [0.25, 0.3) is 0 Å². The molecule has 2 aromatic rings. The molecule has 1 amide bonds. The van der Waals surface area contributed by atoms with Gasteiger partial charge in [-0.3, -0.25) is 9.69 Å². The number of likely N-dealkylation sites (tertiary alicyclic amines) is 1. The minimum Gasteiger partial charge on any atom is -0.490 e. The third kappa shape index (κ3) is 6.71. The normalized spacial score (nSPS) is 15.3. The minimum absolute atomic E-state index is 0.0721. The van der Waals surface area contributed by atoms with Crippen LogP contribution in [0.15, 0.2) is 53.4 Å². The number of anilines is 1. The maximum absolute atomic E-state index is 12.8. The summed E-state index contributed by atoms with van der Waals surface area (Å²) >= 11 is 0. The number of carbonyl (C=O) groups excluding carboxylic acids is 1. The summed E-state index contributed by atoms with van der Waals surface area (Å²) in [6.07, 6.45) is 1.69. The van der Waals surface area contributed by atoms with Gasteiger partial charge >= 0.3 is 0 Å². The SMILES string of the molecule is CCOc1ccccc1OC1CCN(CC(=O)Nc2cccc(S(=O)(=O)N(CC)CC)c2)CC1. The number of nitrogens with zero attached hydrogens (tertiary/aromatic N) is 2. The summed E-state index contributed by atoms with van der Waals surface area (Å²) in [7, 11) is -3.58. The van der Waals surface area contributed by atoms with Gasteiger partial charge in [0.1, 0.15) is 6.10 Å². The lowest BCUT2D eigenvalue weighted by Gasteiger charge is -2.32. The Balaban J connectivity index is 1.52. The molecule has 0 radical (unpaired) electrons. The van der Waals surface area contributed by atoms with Crippen LogP contribution in [0.3, 0.4) is 0 Å². The molecule has 34 heavy (non-hydrogen) atoms. The second-order valence-corrected chi connectivity index (χ2v) is 10.1. The first-order valence-corrected chi connectivity index (χ1v) is 13.3. The van der Waals surface area contributed by atoms with Gasteiger partial charge in [-0.1, -0.05) is 32.0 Å². The standard InChI is InChI=1S/C25H35N3O5S/c1-4-28(5-2)34(30,31)22-11-9-10-20(18-22)26-25(29)19-27-16-14-21(15-17-27)33-24-13-8-7-12-23(24)32-6-3/h7-13,18,21H,4-6,14-17,19H2,1-3H3,(H,26,29). The lowest BCUT2D eigenvalue weighted by Crippen LogP contribution is -2.42. The number of hydrogen-bond donors (Lipinski definition) is 1. The largest absolute Gasteiger partial charge is 0.490 e. The predicted molar refractivity (Wildman–Crippen MR) is 133 cm³/mol. The number of amides is 1. The second kappa shape index (κ2) is 12.2. The average molecular weight is 490 g/mol. The predicted octanol–water partition coefficient (Wildman–Crippen LogP) is 3.60. The molecule has 1 fully saturated rings. The molecule has 0 unspecified atom stereocenters. The summed E-state index contributed by atoms with van der Waals surface area (Å²) in [5, 5.41) is 2.84. The van der Waals surface area contributed by atoms with E-state index in [-0.39, 0.29) is 23.5 Å². The summed E-state index contributed by atoms with van der Waals surface area (Å²) in [6.45, 7) is 8.65. The molecule has 2 aromatic carbocycles. The van der Waals surface area contributed by atoms with Crippen LogP contribution in [-0.2, 0) is 14.8 Å². The van der Waals surface area contributed by atoms with Gasteiger partial charge in [0.15, 0.2) is 11.5 Å². The van der Waals surface area contributed by atoms with Crippen LogP contribution in [0.5, 0.6) is 11.5 Å². The molecule has 0 aliphatic carbocycles. The number of sulfonamides is 1. The van der Waals surface area contributed by atoms with Crippen molar-refractivity contribution in [3.8, 4) is 11.5 Å². The number of rotatable bonds is 11. The fourth-order valence-corrected chi connectivity index (χ4v) is 5.54. The van der Waals surface area contributed by atoms with Gasteiger partial charge < -0.3 is 14.8 Å². The van der Waals surface area contributed by atoms with Crippen LogP contribution in [-0.4, -0.2) is 69.0 Å². The van der Waals surface area contributed by atoms with Crippen LogP contribution < -0.4 is 14.8 Å². The number of para-hydroxylation sites is 2. The Hall–Kier alpha value is -2.62. The number of benzene rings is 2. The summed E-state index contributed by atoms with van der Waals surface area (Å²) in [4.78, 5) is 14.9. The molecule has 1 aliphatic rings. The zero-order valence-electron chi connectivity index (χ0n) is 20.2. The van der Waals surface area contributed by atoms with E-state index >= 15 is 0 Å². The van der Waals surface area contributed by atoms with E-state index < -0.39 is 10.0 Å². The van der Waals surface area contributed by atoms with Gasteiger partial charge in [-0.15, -0.1) is 0 Å². The number of ether oxygens (including phenoxy) is 2. The Morgan fingerprint density at radius 3 is 2.35 bits per heavy atom. The summed E-state index contributed by atoms with van der Waals surface area (Å²) < 4.78 is 38.7. The minimum atomic E-state index is -3.58. The van der Waals surface area contributed by atoms with E-state index in [1.165, 1.54) is 10.4 Å². The van der Waals surface area contributed by atoms with Gasteiger partial charge in [0.05, 0.1) is 18.0 Å². The van der Waals surface area contributed by atoms with Crippen LogP contribution in [0, 0.1) is 0 Å². The molecule has 0 atom stereocenters. The van der Waals surface area contributed by atoms with Gasteiger partial charge in [-0.05, 0) is 50.1 Å². The van der Waals surface area contributed by atoms with Crippen LogP contribution in [0.4, 0.5) is 5.69 Å². The molecule has 0 aromatic heterocycles. The number of piperidine rings is 1. The van der Waals surface area contributed by atoms with Crippen molar-refractivity contribution in [3.05, 3.63) is 48.5 Å². The first-order valence-electron chi connectivity index (χ1n) is 11.9. The Morgan fingerprint density at radius 1 is 1.03 bits per heavy atom. The van der Waals surface area contributed by atoms with E-state index in [2.05, 4.69) is 10.2 Å². The van der Waals surface area contributed by atoms with Crippen molar-refractivity contribution in [1.82, 2.24) is 9.21 Å². The Bertz CT molecular complexity index is 1050. The molecule has 0 bridgehead atoms. The lowest BCUT2D eigenvalue weighted by atomic mass is 10.1. The molecule has 0 saturated carbocycles. The van der Waals surface area contributed by atoms with E-state index in [9.17, 15) is 13.2 Å². The Morgan fingerprint density at radius 2 is 1.71 bits per heavy atom. The monoisotopic (exact) mass is 489 g/mol. The third-order valence-electron chi connectivity index (χ3n) is 5.81. The number of hydrogen-bond acceptors (Lipinski definition) is 6. The van der Waals surface area contributed by atoms with Crippen LogP contribution in [0.1, 0.15) is 33.6 Å². The van der Waals surface area contributed by atoms with E-state index in [1.807, 2.05) is 31.2 Å². The molecular weight excluding hydrogens is 454 g/mol. The molecule has 186 valence electrons. The van der Waals surface area contributed by atoms with Crippen LogP contribution in [0.2, 0.25) is 0 Å². The quantitative estimate of drug-likeness (QED) is 0.519. The first kappa shape index (κ1) is 26.0. The highest BCUT2D eigenvalue weighted by Gasteiger charge is 2.24. The van der Waals surface area contributed by atoms with Crippen molar-refractivity contribution in [2.45, 2.75) is 44.6 Å². The van der Waals surface area contributed by atoms with Gasteiger partial charge in [0.2, 0.25) is 15.9 Å². The molecule has 3 rings (SSSR count). The van der Waals surface area contributed by atoms with E-state index in [1.54, 1.807) is 32.0 Å². The van der Waals surface area contributed by atoms with Crippen molar-refractivity contribution in [1.29, 1.82) is 0 Å². The van der Waals surface area contributed by atoms with Crippen molar-refractivity contribution >= 4 is 21.6 Å². The number of carbonyl (C=O) groups is 1. The van der Waals surface area contributed by atoms with Gasteiger partial charge in [0, 0.05) is 31.9 Å². The molecular formula is C25H35N3O5S. The third-order valence-corrected chi connectivity index (χ3v) is 7.85. The smallest absolute Gasteiger partial charge is 0.243 e. The maximum atomic E-state index is 12.8. The maximum Gasteiger partial charge on any atom is 0.243 e. The summed E-state index contributed by atoms with van der Waals surface area (Å²) in [6, 6.07) is 14.1. The highest BCUT2D eigenvalue weighted by atomic mass is 32.2. The fraction of sp³-hybridized carbons (Fsp3) is 0.480. The van der Waals surface area contributed by atoms with Crippen molar-refractivity contribution < 1.29 is 22.7 Å². The first-order chi connectivity index (χ1) is 16.4. The molecule has 1 saturated heterocycles. The second-order valence-electron chi connectivity index (χ2n) is 8.14. The van der Waals surface area contributed by atoms with Gasteiger partial charge in [-0.25, -0.2) is 8.42 Å². The average Bonchev–Trinajstić information content (AvgIpc) is 2.82. The molecule has 1 aliphatic heterocycles. The molecule has 8 nitrogen and oxygen atoms in total. The fourth-order valence-electron chi connectivity index (χ4n) is 4.04. The van der Waals surface area contributed by atoms with Gasteiger partial charge in [-0.2, -0.15) is 4.31 Å². The van der Waals surface area contributed by atoms with Crippen LogP contribution >= 0.6 is 0 Å². The summed E-state index contributed by atoms with van der Waals surface area (Å²) in [5.41, 5.74) is 0.476. The topological polar surface area (TPSA) is 88.2 Å². The zero-order valence-corrected chi connectivity index (χ0v) is 21.0. The molecule has 1 N–H and O–H groups in total. The Labute approximate surface area is 202 Å². The van der Waals surface area contributed by atoms with Crippen molar-refractivity contribution in [3.63, 3.8) is 0 Å². The van der Waals surface area contributed by atoms with E-state index in [4.69, 9.17) is 9.47 Å². The van der Waals surface area contributed by atoms with Crippen molar-refractivity contribution in [2.75, 3.05) is 44.6 Å². The highest BCUT2D eigenvalue weighted by Crippen LogP contribution is 2.29. The van der Waals surface area contributed by atoms with E-state index in [0.717, 1.165) is 37.4 Å². The Kier molecular flexibility index (Phi) is 9.32. The van der Waals surface area contributed by atoms with Crippen molar-refractivity contribution in [2.24, 2.45) is 0 Å². The van der Waals surface area contributed by atoms with Gasteiger partial charge in [0.25, 0.3) is 0 Å².